The number of aromatic nitrogens is 1. The molecule has 9 nitrogen and oxygen atoms in total. The molecule has 0 radical (unpaired) electrons. The first-order valence-electron chi connectivity index (χ1n) is 10.7. The van der Waals surface area contributed by atoms with Crippen molar-refractivity contribution in [2.24, 2.45) is 17.1 Å². The molecule has 1 fully saturated rings. The van der Waals surface area contributed by atoms with Gasteiger partial charge in [0.2, 0.25) is 5.91 Å². The van der Waals surface area contributed by atoms with Crippen LogP contribution in [0, 0.1) is 18.3 Å². The van der Waals surface area contributed by atoms with E-state index < -0.39 is 35.5 Å². The number of benzene rings is 1. The molecule has 4 N–H and O–H groups in total. The van der Waals surface area contributed by atoms with Crippen molar-refractivity contribution in [1.29, 1.82) is 0 Å². The molecular formula is C23H30N4O5S. The van der Waals surface area contributed by atoms with Gasteiger partial charge in [-0.2, -0.15) is 0 Å². The van der Waals surface area contributed by atoms with Crippen molar-refractivity contribution in [3.63, 3.8) is 0 Å². The van der Waals surface area contributed by atoms with Crippen LogP contribution in [0.3, 0.4) is 0 Å². The summed E-state index contributed by atoms with van der Waals surface area (Å²) in [7, 11) is 0. The van der Waals surface area contributed by atoms with Crippen molar-refractivity contribution < 1.29 is 24.2 Å². The van der Waals surface area contributed by atoms with Gasteiger partial charge in [0, 0.05) is 25.0 Å². The van der Waals surface area contributed by atoms with Gasteiger partial charge in [0.15, 0.2) is 6.10 Å². The number of nitrogens with two attached hydrogens (primary N) is 1. The number of rotatable bonds is 6. The molecule has 0 aliphatic carbocycles. The highest BCUT2D eigenvalue weighted by Gasteiger charge is 2.44. The largest absolute Gasteiger partial charge is 0.436 e. The molecule has 178 valence electrons. The molecule has 0 bridgehead atoms. The van der Waals surface area contributed by atoms with E-state index in [0.29, 0.717) is 6.54 Å². The fourth-order valence-electron chi connectivity index (χ4n) is 3.78. The van der Waals surface area contributed by atoms with E-state index in [-0.39, 0.29) is 19.0 Å². The number of aliphatic hydroxyl groups excluding tert-OH is 1. The van der Waals surface area contributed by atoms with Crippen molar-refractivity contribution in [1.82, 2.24) is 15.2 Å². The van der Waals surface area contributed by atoms with Crippen molar-refractivity contribution in [3.05, 3.63) is 41.0 Å². The van der Waals surface area contributed by atoms with Crippen molar-refractivity contribution in [2.75, 3.05) is 13.1 Å². The number of ether oxygens (including phenoxy) is 1. The van der Waals surface area contributed by atoms with Crippen LogP contribution in [0.25, 0.3) is 10.4 Å². The SMILES string of the molecule is Cc1ncsc1-c1ccc(CNC(=O)[C@H]2CN(C(=O)[C@@H](OC(N)=O)C(C)(C)C)C[C@@H]2O)cc1. The summed E-state index contributed by atoms with van der Waals surface area (Å²) >= 11 is 1.58. The quantitative estimate of drug-likeness (QED) is 0.587. The number of hydrogen-bond donors (Lipinski definition) is 3. The van der Waals surface area contributed by atoms with E-state index in [1.807, 2.05) is 36.7 Å². The molecule has 1 aliphatic heterocycles. The number of hydrogen-bond acceptors (Lipinski definition) is 7. The van der Waals surface area contributed by atoms with E-state index in [9.17, 15) is 19.5 Å². The predicted octanol–water partition coefficient (Wildman–Crippen LogP) is 2.06. The van der Waals surface area contributed by atoms with Gasteiger partial charge in [-0.1, -0.05) is 45.0 Å². The molecule has 2 heterocycles. The highest BCUT2D eigenvalue weighted by Crippen LogP contribution is 2.28. The molecule has 33 heavy (non-hydrogen) atoms. The van der Waals surface area contributed by atoms with E-state index in [0.717, 1.165) is 21.7 Å². The standard InChI is InChI=1S/C23H30N4O5S/c1-13-18(33-12-26-13)15-7-5-14(6-8-15)9-25-20(29)16-10-27(11-17(16)28)21(30)19(23(2,3)4)32-22(24)31/h5-8,12,16-17,19,28H,9-11H2,1-4H3,(H2,24,31)(H,25,29)/t16-,17-,19+/m0/s1. The summed E-state index contributed by atoms with van der Waals surface area (Å²) in [5.74, 6) is -1.60. The van der Waals surface area contributed by atoms with Gasteiger partial charge in [0.25, 0.3) is 5.91 Å². The van der Waals surface area contributed by atoms with E-state index in [4.69, 9.17) is 10.5 Å². The topological polar surface area (TPSA) is 135 Å². The minimum absolute atomic E-state index is 0.0193. The van der Waals surface area contributed by atoms with Gasteiger partial charge in [0.1, 0.15) is 0 Å². The number of nitrogens with zero attached hydrogens (tertiary/aromatic N) is 2. The first-order valence-corrected chi connectivity index (χ1v) is 11.6. The molecule has 10 heteroatoms. The molecule has 1 saturated heterocycles. The Hall–Kier alpha value is -2.98. The minimum Gasteiger partial charge on any atom is -0.436 e. The fourth-order valence-corrected chi connectivity index (χ4v) is 4.59. The van der Waals surface area contributed by atoms with E-state index in [1.54, 1.807) is 32.1 Å². The summed E-state index contributed by atoms with van der Waals surface area (Å²) in [6, 6.07) is 7.84. The van der Waals surface area contributed by atoms with Gasteiger partial charge in [-0.15, -0.1) is 11.3 Å². The zero-order chi connectivity index (χ0) is 24.3. The maximum atomic E-state index is 12.9. The summed E-state index contributed by atoms with van der Waals surface area (Å²) in [6.07, 6.45) is -3.17. The molecule has 0 saturated carbocycles. The predicted molar refractivity (Wildman–Crippen MR) is 124 cm³/mol. The van der Waals surface area contributed by atoms with Gasteiger partial charge >= 0.3 is 6.09 Å². The fraction of sp³-hybridized carbons (Fsp3) is 0.478. The number of β-amino-alcohol motifs (C(OH)–C–C–N with tert-alkyl or cyclic N) is 1. The number of nitrogens with one attached hydrogen (secondary N) is 1. The normalized spacial score (nSPS) is 19.2. The average molecular weight is 475 g/mol. The lowest BCUT2D eigenvalue weighted by molar-refractivity contribution is -0.145. The Labute approximate surface area is 196 Å². The van der Waals surface area contributed by atoms with Crippen LogP contribution in [-0.2, 0) is 20.9 Å². The van der Waals surface area contributed by atoms with Gasteiger partial charge in [-0.3, -0.25) is 9.59 Å². The second-order valence-electron chi connectivity index (χ2n) is 9.28. The number of likely N-dealkylation sites (tertiary alicyclic amines) is 1. The molecule has 1 aromatic carbocycles. The number of carbonyl (C=O) groups excluding carboxylic acids is 3. The van der Waals surface area contributed by atoms with Crippen LogP contribution in [0.1, 0.15) is 32.0 Å². The zero-order valence-corrected chi connectivity index (χ0v) is 20.0. The highest BCUT2D eigenvalue weighted by atomic mass is 32.1. The smallest absolute Gasteiger partial charge is 0.405 e. The van der Waals surface area contributed by atoms with Crippen LogP contribution in [0.2, 0.25) is 0 Å². The van der Waals surface area contributed by atoms with E-state index in [1.165, 1.54) is 4.90 Å². The maximum Gasteiger partial charge on any atom is 0.405 e. The van der Waals surface area contributed by atoms with Crippen LogP contribution in [-0.4, -0.2) is 58.2 Å². The first kappa shape index (κ1) is 24.7. The van der Waals surface area contributed by atoms with E-state index in [2.05, 4.69) is 10.3 Å². The lowest BCUT2D eigenvalue weighted by Crippen LogP contribution is -2.48. The Balaban J connectivity index is 1.59. The van der Waals surface area contributed by atoms with E-state index >= 15 is 0 Å². The molecule has 3 atom stereocenters. The third kappa shape index (κ3) is 5.88. The Morgan fingerprint density at radius 1 is 1.27 bits per heavy atom. The minimum atomic E-state index is -1.11. The number of primary amides is 1. The van der Waals surface area contributed by atoms with Crippen LogP contribution >= 0.6 is 11.3 Å². The summed E-state index contributed by atoms with van der Waals surface area (Å²) in [4.78, 5) is 43.6. The average Bonchev–Trinajstić information content (AvgIpc) is 3.35. The van der Waals surface area contributed by atoms with Crippen LogP contribution in [0.15, 0.2) is 29.8 Å². The first-order chi connectivity index (χ1) is 15.5. The summed E-state index contributed by atoms with van der Waals surface area (Å²) in [5.41, 5.74) is 9.19. The summed E-state index contributed by atoms with van der Waals surface area (Å²) in [6.45, 7) is 7.51. The second-order valence-corrected chi connectivity index (χ2v) is 10.1. The van der Waals surface area contributed by atoms with Crippen molar-refractivity contribution >= 4 is 29.2 Å². The van der Waals surface area contributed by atoms with Crippen LogP contribution in [0.5, 0.6) is 0 Å². The lowest BCUT2D eigenvalue weighted by atomic mass is 9.88. The van der Waals surface area contributed by atoms with Crippen LogP contribution < -0.4 is 11.1 Å². The third-order valence-electron chi connectivity index (χ3n) is 5.61. The second kappa shape index (κ2) is 9.88. The van der Waals surface area contributed by atoms with Gasteiger partial charge in [-0.25, -0.2) is 9.78 Å². The molecular weight excluding hydrogens is 444 g/mol. The Morgan fingerprint density at radius 2 is 1.94 bits per heavy atom. The molecule has 3 amide bonds. The highest BCUT2D eigenvalue weighted by molar-refractivity contribution is 7.13. The zero-order valence-electron chi connectivity index (χ0n) is 19.2. The maximum absolute atomic E-state index is 12.9. The number of aryl methyl sites for hydroxylation is 1. The Bertz CT molecular complexity index is 1010. The molecule has 2 aromatic rings. The molecule has 3 rings (SSSR count). The number of carbonyl (C=O) groups is 3. The summed E-state index contributed by atoms with van der Waals surface area (Å²) < 4.78 is 5.03. The van der Waals surface area contributed by atoms with Crippen molar-refractivity contribution in [3.8, 4) is 10.4 Å². The molecule has 1 aliphatic rings. The number of thiazole rings is 1. The summed E-state index contributed by atoms with van der Waals surface area (Å²) in [5, 5.41) is 13.3. The van der Waals surface area contributed by atoms with Crippen LogP contribution in [0.4, 0.5) is 4.79 Å². The molecule has 0 unspecified atom stereocenters. The molecule has 1 aromatic heterocycles. The van der Waals surface area contributed by atoms with Gasteiger partial charge in [0.05, 0.1) is 28.1 Å². The Morgan fingerprint density at radius 3 is 2.48 bits per heavy atom. The number of amides is 3. The number of aliphatic hydroxyl groups is 1. The van der Waals surface area contributed by atoms with Gasteiger partial charge in [-0.05, 0) is 18.1 Å². The monoisotopic (exact) mass is 474 g/mol. The lowest BCUT2D eigenvalue weighted by Gasteiger charge is -2.31. The third-order valence-corrected chi connectivity index (χ3v) is 6.59. The van der Waals surface area contributed by atoms with Gasteiger partial charge < -0.3 is 25.8 Å². The van der Waals surface area contributed by atoms with Crippen molar-refractivity contribution in [2.45, 2.75) is 46.4 Å². The molecule has 0 spiro atoms. The Kier molecular flexibility index (Phi) is 7.38.